The van der Waals surface area contributed by atoms with Crippen LogP contribution in [0.1, 0.15) is 43.9 Å². The van der Waals surface area contributed by atoms with Gasteiger partial charge in [-0.1, -0.05) is 56.2 Å². The highest BCUT2D eigenvalue weighted by Crippen LogP contribution is 2.41. The van der Waals surface area contributed by atoms with Crippen molar-refractivity contribution in [1.29, 1.82) is 0 Å². The van der Waals surface area contributed by atoms with Gasteiger partial charge in [0.05, 0.1) is 10.6 Å². The van der Waals surface area contributed by atoms with E-state index in [1.54, 1.807) is 0 Å². The van der Waals surface area contributed by atoms with Gasteiger partial charge in [-0.3, -0.25) is 9.69 Å². The maximum Gasteiger partial charge on any atom is 0.267 e. The molecule has 164 valence electrons. The summed E-state index contributed by atoms with van der Waals surface area (Å²) in [6, 6.07) is 18.6. The summed E-state index contributed by atoms with van der Waals surface area (Å²) in [5, 5.41) is 1.99. The van der Waals surface area contributed by atoms with Gasteiger partial charge in [-0.05, 0) is 61.7 Å². The van der Waals surface area contributed by atoms with Gasteiger partial charge in [0.15, 0.2) is 5.17 Å². The van der Waals surface area contributed by atoms with Crippen molar-refractivity contribution in [2.24, 2.45) is 18.0 Å². The molecule has 1 saturated carbocycles. The fourth-order valence-electron chi connectivity index (χ4n) is 5.01. The van der Waals surface area contributed by atoms with Crippen LogP contribution in [-0.4, -0.2) is 26.6 Å². The summed E-state index contributed by atoms with van der Waals surface area (Å²) >= 11 is 1.52. The van der Waals surface area contributed by atoms with Gasteiger partial charge in [0.2, 0.25) is 0 Å². The van der Waals surface area contributed by atoms with Crippen molar-refractivity contribution in [3.8, 4) is 0 Å². The van der Waals surface area contributed by atoms with E-state index in [0.29, 0.717) is 5.92 Å². The normalized spacial score (nSPS) is 24.2. The number of carbonyl (C=O) groups excluding carboxylic acids is 1. The molecular weight excluding hydrogens is 414 g/mol. The topological polar surface area (TPSA) is 37.6 Å². The van der Waals surface area contributed by atoms with Crippen molar-refractivity contribution in [3.63, 3.8) is 0 Å². The minimum absolute atomic E-state index is 0.0933. The van der Waals surface area contributed by atoms with Crippen molar-refractivity contribution >= 4 is 45.5 Å². The maximum atomic E-state index is 13.8. The lowest BCUT2D eigenvalue weighted by Crippen LogP contribution is -2.44. The molecule has 1 amide bonds. The molecule has 1 aromatic heterocycles. The molecule has 5 rings (SSSR count). The molecule has 0 unspecified atom stereocenters. The Balaban J connectivity index is 1.60. The quantitative estimate of drug-likeness (QED) is 0.424. The lowest BCUT2D eigenvalue weighted by atomic mass is 9.85. The van der Waals surface area contributed by atoms with Crippen molar-refractivity contribution in [2.75, 3.05) is 0 Å². The Kier molecular flexibility index (Phi) is 5.68. The largest absolute Gasteiger partial charge is 0.347 e. The first-order valence-electron chi connectivity index (χ1n) is 11.5. The predicted octanol–water partition coefficient (Wildman–Crippen LogP) is 6.67. The first-order chi connectivity index (χ1) is 15.5. The zero-order valence-electron chi connectivity index (χ0n) is 18.9. The summed E-state index contributed by atoms with van der Waals surface area (Å²) in [7, 11) is 2.08. The van der Waals surface area contributed by atoms with Gasteiger partial charge in [0.25, 0.3) is 5.91 Å². The van der Waals surface area contributed by atoms with Crippen LogP contribution in [0.5, 0.6) is 0 Å². The number of rotatable bonds is 3. The number of amidine groups is 1. The first-order valence-corrected chi connectivity index (χ1v) is 12.3. The summed E-state index contributed by atoms with van der Waals surface area (Å²) in [6.07, 6.45) is 6.71. The van der Waals surface area contributed by atoms with E-state index in [-0.39, 0.29) is 11.9 Å². The summed E-state index contributed by atoms with van der Waals surface area (Å²) in [6.45, 7) is 4.40. The van der Waals surface area contributed by atoms with Gasteiger partial charge in [-0.2, -0.15) is 0 Å². The monoisotopic (exact) mass is 443 g/mol. The lowest BCUT2D eigenvalue weighted by molar-refractivity contribution is -0.124. The van der Waals surface area contributed by atoms with Crippen LogP contribution in [0.4, 0.5) is 5.69 Å². The highest BCUT2D eigenvalue weighted by Gasteiger charge is 2.41. The zero-order valence-corrected chi connectivity index (χ0v) is 19.7. The standard InChI is InChI=1S/C27H29N3OS/c1-18-11-7-9-15-23(18)30-26(31)25(32-27(30)28-20-12-5-4-6-13-20)17-22-19(2)29(3)24-16-10-8-14-21(22)24/h4-6,8,10,12-14,16-18,23H,7,9,11,15H2,1-3H3/b25-17-,28-27?/t18-,23-/m0/s1. The van der Waals surface area contributed by atoms with E-state index < -0.39 is 0 Å². The van der Waals surface area contributed by atoms with E-state index in [9.17, 15) is 4.79 Å². The average molecular weight is 444 g/mol. The number of carbonyl (C=O) groups is 1. The van der Waals surface area contributed by atoms with Crippen LogP contribution < -0.4 is 0 Å². The number of aliphatic imine (C=N–C) groups is 1. The number of hydrogen-bond acceptors (Lipinski definition) is 3. The average Bonchev–Trinajstić information content (AvgIpc) is 3.24. The molecular formula is C27H29N3OS. The Bertz CT molecular complexity index is 1220. The Morgan fingerprint density at radius 3 is 2.53 bits per heavy atom. The molecule has 32 heavy (non-hydrogen) atoms. The molecule has 4 nitrogen and oxygen atoms in total. The van der Waals surface area contributed by atoms with E-state index in [1.165, 1.54) is 41.9 Å². The number of aromatic nitrogens is 1. The van der Waals surface area contributed by atoms with Gasteiger partial charge < -0.3 is 4.57 Å². The molecule has 2 atom stereocenters. The highest BCUT2D eigenvalue weighted by molar-refractivity contribution is 8.18. The molecule has 1 saturated heterocycles. The zero-order chi connectivity index (χ0) is 22.2. The number of nitrogens with zero attached hydrogens (tertiary/aromatic N) is 3. The molecule has 5 heteroatoms. The second-order valence-corrected chi connectivity index (χ2v) is 9.93. The molecule has 2 aliphatic rings. The molecule has 0 N–H and O–H groups in total. The predicted molar refractivity (Wildman–Crippen MR) is 135 cm³/mol. The van der Waals surface area contributed by atoms with Crippen molar-refractivity contribution in [1.82, 2.24) is 9.47 Å². The van der Waals surface area contributed by atoms with E-state index in [2.05, 4.69) is 55.8 Å². The first kappa shape index (κ1) is 21.1. The smallest absolute Gasteiger partial charge is 0.267 e. The Morgan fingerprint density at radius 1 is 1.03 bits per heavy atom. The third-order valence-electron chi connectivity index (χ3n) is 6.94. The van der Waals surface area contributed by atoms with E-state index in [0.717, 1.165) is 33.4 Å². The van der Waals surface area contributed by atoms with Gasteiger partial charge >= 0.3 is 0 Å². The SMILES string of the molecule is Cc1c(/C=C2\SC(=Nc3ccccc3)N([C@H]3CCCC[C@@H]3C)C2=O)c2ccccc2n1C. The Hall–Kier alpha value is -2.79. The van der Waals surface area contributed by atoms with Crippen LogP contribution in [-0.2, 0) is 11.8 Å². The van der Waals surface area contributed by atoms with Crippen LogP contribution in [0.2, 0.25) is 0 Å². The van der Waals surface area contributed by atoms with Crippen LogP contribution in [0.3, 0.4) is 0 Å². The number of amides is 1. The minimum atomic E-state index is 0.0933. The summed E-state index contributed by atoms with van der Waals surface area (Å²) < 4.78 is 2.20. The minimum Gasteiger partial charge on any atom is -0.347 e. The molecule has 2 heterocycles. The summed E-state index contributed by atoms with van der Waals surface area (Å²) in [4.78, 5) is 21.4. The third kappa shape index (κ3) is 3.69. The van der Waals surface area contributed by atoms with E-state index in [1.807, 2.05) is 35.2 Å². The molecule has 0 spiro atoms. The maximum absolute atomic E-state index is 13.8. The number of aryl methyl sites for hydroxylation is 1. The van der Waals surface area contributed by atoms with Crippen LogP contribution in [0.15, 0.2) is 64.5 Å². The van der Waals surface area contributed by atoms with Crippen molar-refractivity contribution < 1.29 is 4.79 Å². The van der Waals surface area contributed by atoms with Gasteiger partial charge in [-0.25, -0.2) is 4.99 Å². The molecule has 0 radical (unpaired) electrons. The lowest BCUT2D eigenvalue weighted by Gasteiger charge is -2.35. The number of fused-ring (bicyclic) bond motifs is 1. The number of para-hydroxylation sites is 2. The van der Waals surface area contributed by atoms with Crippen LogP contribution in [0, 0.1) is 12.8 Å². The van der Waals surface area contributed by atoms with Gasteiger partial charge in [0, 0.05) is 35.2 Å². The van der Waals surface area contributed by atoms with Crippen molar-refractivity contribution in [2.45, 2.75) is 45.6 Å². The van der Waals surface area contributed by atoms with E-state index >= 15 is 0 Å². The third-order valence-corrected chi connectivity index (χ3v) is 7.92. The van der Waals surface area contributed by atoms with Crippen LogP contribution >= 0.6 is 11.8 Å². The van der Waals surface area contributed by atoms with Gasteiger partial charge in [0.1, 0.15) is 0 Å². The summed E-state index contributed by atoms with van der Waals surface area (Å²) in [5.41, 5.74) is 4.36. The van der Waals surface area contributed by atoms with E-state index in [4.69, 9.17) is 4.99 Å². The molecule has 2 aromatic carbocycles. The second-order valence-electron chi connectivity index (χ2n) is 8.92. The molecule has 3 aromatic rings. The Labute approximate surface area is 194 Å². The molecule has 2 fully saturated rings. The number of thioether (sulfide) groups is 1. The number of hydrogen-bond donors (Lipinski definition) is 0. The second kappa shape index (κ2) is 8.62. The van der Waals surface area contributed by atoms with Crippen LogP contribution in [0.25, 0.3) is 17.0 Å². The van der Waals surface area contributed by atoms with Crippen molar-refractivity contribution in [3.05, 3.63) is 70.8 Å². The molecule has 1 aliphatic heterocycles. The fraction of sp³-hybridized carbons (Fsp3) is 0.333. The number of benzene rings is 2. The Morgan fingerprint density at radius 2 is 1.75 bits per heavy atom. The molecule has 1 aliphatic carbocycles. The molecule has 0 bridgehead atoms. The van der Waals surface area contributed by atoms with Gasteiger partial charge in [-0.15, -0.1) is 0 Å². The summed E-state index contributed by atoms with van der Waals surface area (Å²) in [5.74, 6) is 0.573. The fourth-order valence-corrected chi connectivity index (χ4v) is 6.04. The highest BCUT2D eigenvalue weighted by atomic mass is 32.2.